The van der Waals surface area contributed by atoms with Crippen molar-refractivity contribution >= 4 is 46.7 Å². The van der Waals surface area contributed by atoms with Gasteiger partial charge in [-0.1, -0.05) is 35.0 Å². The van der Waals surface area contributed by atoms with Crippen LogP contribution < -0.4 is 5.32 Å². The molecule has 1 N–H and O–H groups in total. The lowest BCUT2D eigenvalue weighted by Crippen LogP contribution is -2.23. The molecule has 1 aliphatic rings. The lowest BCUT2D eigenvalue weighted by Gasteiger charge is -2.13. The van der Waals surface area contributed by atoms with Crippen molar-refractivity contribution in [3.05, 3.63) is 28.1 Å². The van der Waals surface area contributed by atoms with Gasteiger partial charge in [0.1, 0.15) is 5.82 Å². The summed E-state index contributed by atoms with van der Waals surface area (Å²) >= 11 is 13.2. The molecule has 122 valence electrons. The molecule has 0 aromatic carbocycles. The van der Waals surface area contributed by atoms with Crippen molar-refractivity contribution in [2.24, 2.45) is 0 Å². The van der Waals surface area contributed by atoms with Crippen molar-refractivity contribution < 1.29 is 4.79 Å². The maximum Gasteiger partial charge on any atom is 0.238 e. The first kappa shape index (κ1) is 16.5. The smallest absolute Gasteiger partial charge is 0.238 e. The Morgan fingerprint density at radius 3 is 2.83 bits per heavy atom. The van der Waals surface area contributed by atoms with E-state index in [4.69, 9.17) is 23.2 Å². The maximum absolute atomic E-state index is 12.3. The highest BCUT2D eigenvalue weighted by Crippen LogP contribution is 2.39. The Kier molecular flexibility index (Phi) is 4.79. The molecule has 2 heterocycles. The lowest BCUT2D eigenvalue weighted by atomic mass is 10.4. The third-order valence-electron chi connectivity index (χ3n) is 3.45. The summed E-state index contributed by atoms with van der Waals surface area (Å²) in [4.78, 5) is 16.4. The molecule has 0 bridgehead atoms. The minimum Gasteiger partial charge on any atom is -0.308 e. The number of hydrogen-bond donors (Lipinski definition) is 1. The number of anilines is 1. The molecule has 0 saturated heterocycles. The van der Waals surface area contributed by atoms with Gasteiger partial charge in [-0.2, -0.15) is 0 Å². The molecule has 1 atom stereocenters. The Bertz CT molecular complexity index is 747. The van der Waals surface area contributed by atoms with Crippen LogP contribution in [0.3, 0.4) is 0 Å². The molecule has 0 aliphatic heterocycles. The van der Waals surface area contributed by atoms with E-state index in [1.54, 1.807) is 0 Å². The fraction of sp³-hybridized carbons (Fsp3) is 0.429. The number of aromatic nitrogens is 4. The van der Waals surface area contributed by atoms with Gasteiger partial charge in [-0.3, -0.25) is 4.79 Å². The molecule has 0 spiro atoms. The SMILES string of the molecule is Cc1nnc(S[C@@H](C)C(=O)Nc2ncc(Cl)cc2Cl)n1C1CC1. The zero-order chi connectivity index (χ0) is 16.6. The summed E-state index contributed by atoms with van der Waals surface area (Å²) in [7, 11) is 0. The molecule has 1 saturated carbocycles. The van der Waals surface area contributed by atoms with Gasteiger partial charge in [0.05, 0.1) is 15.3 Å². The Hall–Kier alpha value is -1.31. The largest absolute Gasteiger partial charge is 0.308 e. The first-order valence-corrected chi connectivity index (χ1v) is 8.79. The zero-order valence-electron chi connectivity index (χ0n) is 12.6. The van der Waals surface area contributed by atoms with Crippen molar-refractivity contribution in [2.75, 3.05) is 5.32 Å². The van der Waals surface area contributed by atoms with E-state index in [1.807, 2.05) is 13.8 Å². The fourth-order valence-electron chi connectivity index (χ4n) is 2.12. The summed E-state index contributed by atoms with van der Waals surface area (Å²) in [6.45, 7) is 3.74. The van der Waals surface area contributed by atoms with E-state index in [0.29, 0.717) is 21.9 Å². The van der Waals surface area contributed by atoms with E-state index in [-0.39, 0.29) is 11.2 Å². The molecule has 3 rings (SSSR count). The number of nitrogens with one attached hydrogen (secondary N) is 1. The molecule has 1 amide bonds. The molecule has 1 aliphatic carbocycles. The molecule has 23 heavy (non-hydrogen) atoms. The average molecular weight is 372 g/mol. The highest BCUT2D eigenvalue weighted by atomic mass is 35.5. The second-order valence-corrected chi connectivity index (χ2v) is 7.52. The van der Waals surface area contributed by atoms with Crippen LogP contribution in [0.5, 0.6) is 0 Å². The second-order valence-electron chi connectivity index (χ2n) is 5.36. The number of halogens is 2. The standard InChI is InChI=1S/C14H15Cl2N5OS/c1-7(13(22)18-12-11(16)5-9(15)6-17-12)23-14-20-19-8(2)21(14)10-3-4-10/h5-7,10H,3-4H2,1-2H3,(H,17,18,22)/t7-/m0/s1. The molecule has 2 aromatic rings. The molecule has 0 unspecified atom stereocenters. The van der Waals surface area contributed by atoms with Crippen LogP contribution in [0.15, 0.2) is 17.4 Å². The number of carbonyl (C=O) groups is 1. The van der Waals surface area contributed by atoms with Gasteiger partial charge in [0.2, 0.25) is 5.91 Å². The minimum absolute atomic E-state index is 0.199. The Balaban J connectivity index is 1.68. The predicted octanol–water partition coefficient (Wildman–Crippen LogP) is 3.74. The highest BCUT2D eigenvalue weighted by Gasteiger charge is 2.30. The normalized spacial score (nSPS) is 15.5. The van der Waals surface area contributed by atoms with E-state index < -0.39 is 0 Å². The van der Waals surface area contributed by atoms with E-state index in [9.17, 15) is 4.79 Å². The van der Waals surface area contributed by atoms with Crippen LogP contribution in [0, 0.1) is 6.92 Å². The van der Waals surface area contributed by atoms with E-state index in [0.717, 1.165) is 23.8 Å². The summed E-state index contributed by atoms with van der Waals surface area (Å²) in [5.41, 5.74) is 0. The van der Waals surface area contributed by atoms with Gasteiger partial charge in [-0.15, -0.1) is 10.2 Å². The van der Waals surface area contributed by atoms with Gasteiger partial charge in [0, 0.05) is 12.2 Å². The number of nitrogens with zero attached hydrogens (tertiary/aromatic N) is 4. The number of aryl methyl sites for hydroxylation is 1. The van der Waals surface area contributed by atoms with Gasteiger partial charge >= 0.3 is 0 Å². The topological polar surface area (TPSA) is 72.7 Å². The van der Waals surface area contributed by atoms with E-state index >= 15 is 0 Å². The summed E-state index contributed by atoms with van der Waals surface area (Å²) in [5, 5.41) is 12.1. The molecular weight excluding hydrogens is 357 g/mol. The average Bonchev–Trinajstić information content (AvgIpc) is 3.26. The monoisotopic (exact) mass is 371 g/mol. The van der Waals surface area contributed by atoms with Crippen molar-refractivity contribution in [3.63, 3.8) is 0 Å². The predicted molar refractivity (Wildman–Crippen MR) is 91.2 cm³/mol. The van der Waals surface area contributed by atoms with Gasteiger partial charge in [-0.25, -0.2) is 4.98 Å². The van der Waals surface area contributed by atoms with Crippen LogP contribution >= 0.6 is 35.0 Å². The molecule has 9 heteroatoms. The van der Waals surface area contributed by atoms with Crippen LogP contribution in [-0.2, 0) is 4.79 Å². The highest BCUT2D eigenvalue weighted by molar-refractivity contribution is 8.00. The van der Waals surface area contributed by atoms with E-state index in [2.05, 4.69) is 25.1 Å². The van der Waals surface area contributed by atoms with Crippen LogP contribution in [0.4, 0.5) is 5.82 Å². The minimum atomic E-state index is -0.357. The number of pyridine rings is 1. The first-order valence-electron chi connectivity index (χ1n) is 7.15. The van der Waals surface area contributed by atoms with Crippen molar-refractivity contribution in [2.45, 2.75) is 43.1 Å². The summed E-state index contributed by atoms with van der Waals surface area (Å²) in [6, 6.07) is 2.01. The second kappa shape index (κ2) is 6.67. The molecule has 0 radical (unpaired) electrons. The summed E-state index contributed by atoms with van der Waals surface area (Å²) < 4.78 is 2.10. The summed E-state index contributed by atoms with van der Waals surface area (Å²) in [5.74, 6) is 0.980. The van der Waals surface area contributed by atoms with Gasteiger partial charge in [0.15, 0.2) is 11.0 Å². The van der Waals surface area contributed by atoms with Crippen LogP contribution in [0.2, 0.25) is 10.0 Å². The fourth-order valence-corrected chi connectivity index (χ4v) is 3.51. The number of thioether (sulfide) groups is 1. The lowest BCUT2D eigenvalue weighted by molar-refractivity contribution is -0.115. The summed E-state index contributed by atoms with van der Waals surface area (Å²) in [6.07, 6.45) is 3.71. The third-order valence-corrected chi connectivity index (χ3v) is 5.00. The van der Waals surface area contributed by atoms with Crippen molar-refractivity contribution in [1.29, 1.82) is 0 Å². The third kappa shape index (κ3) is 3.79. The zero-order valence-corrected chi connectivity index (χ0v) is 14.9. The molecule has 6 nitrogen and oxygen atoms in total. The number of amides is 1. The van der Waals surface area contributed by atoms with Gasteiger partial charge in [-0.05, 0) is 32.8 Å². The van der Waals surface area contributed by atoms with Crippen molar-refractivity contribution in [1.82, 2.24) is 19.7 Å². The number of carbonyl (C=O) groups excluding carboxylic acids is 1. The molecule has 1 fully saturated rings. The van der Waals surface area contributed by atoms with Crippen LogP contribution in [-0.4, -0.2) is 30.9 Å². The number of rotatable bonds is 5. The van der Waals surface area contributed by atoms with Crippen LogP contribution in [0.25, 0.3) is 0 Å². The number of hydrogen-bond acceptors (Lipinski definition) is 5. The quantitative estimate of drug-likeness (QED) is 0.810. The first-order chi connectivity index (χ1) is 11.0. The Labute approximate surface area is 148 Å². The van der Waals surface area contributed by atoms with Gasteiger partial charge < -0.3 is 9.88 Å². The van der Waals surface area contributed by atoms with Gasteiger partial charge in [0.25, 0.3) is 0 Å². The molecule has 2 aromatic heterocycles. The molecular formula is C14H15Cl2N5OS. The Morgan fingerprint density at radius 1 is 1.43 bits per heavy atom. The van der Waals surface area contributed by atoms with Crippen molar-refractivity contribution in [3.8, 4) is 0 Å². The Morgan fingerprint density at radius 2 is 2.17 bits per heavy atom. The van der Waals surface area contributed by atoms with Crippen LogP contribution in [0.1, 0.15) is 31.6 Å². The van der Waals surface area contributed by atoms with E-state index in [1.165, 1.54) is 24.0 Å². The maximum atomic E-state index is 12.3.